The second-order valence-corrected chi connectivity index (χ2v) is 2.13. The fourth-order valence-corrected chi connectivity index (χ4v) is 0.876. The molecule has 0 bridgehead atoms. The first kappa shape index (κ1) is 6.23. The van der Waals surface area contributed by atoms with E-state index in [1.54, 1.807) is 12.4 Å². The zero-order chi connectivity index (χ0) is 7.68. The van der Waals surface area contributed by atoms with Crippen molar-refractivity contribution in [3.8, 4) is 0 Å². The fourth-order valence-electron chi connectivity index (χ4n) is 0.876. The van der Waals surface area contributed by atoms with Gasteiger partial charge in [-0.25, -0.2) is 20.0 Å². The predicted octanol–water partition coefficient (Wildman–Crippen LogP) is -1.50. The van der Waals surface area contributed by atoms with Crippen molar-refractivity contribution in [2.75, 3.05) is 6.67 Å². The van der Waals surface area contributed by atoms with Crippen LogP contribution in [0.2, 0.25) is 0 Å². The van der Waals surface area contributed by atoms with Crippen LogP contribution in [0, 0.1) is 0 Å². The standard InChI is InChI=1S/C6H6N4O/c11-10-3-5-6(9-4-10)8-2-1-7-5/h1-3,11H,4H2. The Bertz CT molecular complexity index is 374. The lowest BCUT2D eigenvalue weighted by Crippen LogP contribution is -2.38. The number of hydroxylamine groups is 2. The molecule has 5 heteroatoms. The Morgan fingerprint density at radius 1 is 1.36 bits per heavy atom. The van der Waals surface area contributed by atoms with Gasteiger partial charge in [-0.2, -0.15) is 0 Å². The van der Waals surface area contributed by atoms with E-state index in [0.29, 0.717) is 10.8 Å². The topological polar surface area (TPSA) is 61.6 Å². The SMILES string of the molecule is ON1C=c2nccnc2=NC1. The summed E-state index contributed by atoms with van der Waals surface area (Å²) < 4.78 is 0. The normalized spacial score (nSPS) is 14.8. The summed E-state index contributed by atoms with van der Waals surface area (Å²) >= 11 is 0. The first-order valence-electron chi connectivity index (χ1n) is 3.15. The maximum atomic E-state index is 8.97. The summed E-state index contributed by atoms with van der Waals surface area (Å²) in [6.45, 7) is 0.228. The molecule has 1 aromatic heterocycles. The molecule has 0 aromatic carbocycles. The lowest BCUT2D eigenvalue weighted by atomic mass is 10.5. The van der Waals surface area contributed by atoms with Crippen LogP contribution in [0.15, 0.2) is 17.4 Å². The second-order valence-electron chi connectivity index (χ2n) is 2.13. The van der Waals surface area contributed by atoms with Crippen LogP contribution in [0.25, 0.3) is 6.20 Å². The molecule has 11 heavy (non-hydrogen) atoms. The Labute approximate surface area is 62.3 Å². The molecule has 0 saturated carbocycles. The van der Waals surface area contributed by atoms with Crippen molar-refractivity contribution in [2.45, 2.75) is 0 Å². The molecule has 2 rings (SSSR count). The highest BCUT2D eigenvalue weighted by Crippen LogP contribution is 1.82. The zero-order valence-electron chi connectivity index (χ0n) is 5.68. The Morgan fingerprint density at radius 2 is 2.18 bits per heavy atom. The van der Waals surface area contributed by atoms with Gasteiger partial charge >= 0.3 is 0 Å². The van der Waals surface area contributed by atoms with Crippen molar-refractivity contribution in [3.05, 3.63) is 23.2 Å². The van der Waals surface area contributed by atoms with Gasteiger partial charge in [-0.05, 0) is 0 Å². The van der Waals surface area contributed by atoms with Gasteiger partial charge in [0.25, 0.3) is 0 Å². The van der Waals surface area contributed by atoms with E-state index in [0.717, 1.165) is 5.06 Å². The summed E-state index contributed by atoms with van der Waals surface area (Å²) in [5.41, 5.74) is 0.581. The summed E-state index contributed by atoms with van der Waals surface area (Å²) in [5, 5.41) is 10.5. The third-order valence-electron chi connectivity index (χ3n) is 1.34. The van der Waals surface area contributed by atoms with E-state index >= 15 is 0 Å². The molecule has 0 spiro atoms. The lowest BCUT2D eigenvalue weighted by Gasteiger charge is -2.09. The van der Waals surface area contributed by atoms with Gasteiger partial charge in [-0.1, -0.05) is 0 Å². The molecular formula is C6H6N4O. The van der Waals surface area contributed by atoms with Crippen LogP contribution in [-0.4, -0.2) is 26.9 Å². The Kier molecular flexibility index (Phi) is 1.29. The third-order valence-corrected chi connectivity index (χ3v) is 1.34. The van der Waals surface area contributed by atoms with Crippen molar-refractivity contribution < 1.29 is 5.21 Å². The fraction of sp³-hybridized carbons (Fsp3) is 0.167. The van der Waals surface area contributed by atoms with E-state index in [-0.39, 0.29) is 6.67 Å². The highest BCUT2D eigenvalue weighted by atomic mass is 16.5. The molecule has 1 aromatic rings. The molecule has 1 N–H and O–H groups in total. The molecule has 56 valence electrons. The number of hydrogen-bond acceptors (Lipinski definition) is 5. The minimum absolute atomic E-state index is 0.228. The van der Waals surface area contributed by atoms with E-state index in [1.165, 1.54) is 6.20 Å². The second kappa shape index (κ2) is 2.28. The molecule has 2 heterocycles. The Hall–Kier alpha value is -1.49. The first-order chi connectivity index (χ1) is 5.36. The molecule has 0 saturated heterocycles. The Balaban J connectivity index is 2.73. The van der Waals surface area contributed by atoms with Crippen molar-refractivity contribution >= 4 is 6.20 Å². The third kappa shape index (κ3) is 1.05. The van der Waals surface area contributed by atoms with Crippen LogP contribution < -0.4 is 10.8 Å². The summed E-state index contributed by atoms with van der Waals surface area (Å²) in [4.78, 5) is 11.9. The van der Waals surface area contributed by atoms with Gasteiger partial charge in [-0.15, -0.1) is 0 Å². The molecule has 0 aliphatic carbocycles. The molecule has 0 unspecified atom stereocenters. The molecule has 0 amide bonds. The molecule has 0 radical (unpaired) electrons. The number of rotatable bonds is 0. The van der Waals surface area contributed by atoms with Gasteiger partial charge in [-0.3, -0.25) is 5.21 Å². The molecule has 1 aliphatic heterocycles. The number of aromatic nitrogens is 2. The molecule has 0 fully saturated rings. The van der Waals surface area contributed by atoms with Gasteiger partial charge in [0.1, 0.15) is 12.0 Å². The van der Waals surface area contributed by atoms with Gasteiger partial charge in [0, 0.05) is 12.4 Å². The molecule has 0 atom stereocenters. The van der Waals surface area contributed by atoms with Crippen LogP contribution in [-0.2, 0) is 0 Å². The largest absolute Gasteiger partial charge is 0.287 e. The maximum absolute atomic E-state index is 8.97. The number of fused-ring (bicyclic) bond motifs is 1. The first-order valence-corrected chi connectivity index (χ1v) is 3.15. The van der Waals surface area contributed by atoms with Crippen LogP contribution >= 0.6 is 0 Å². The van der Waals surface area contributed by atoms with Gasteiger partial charge < -0.3 is 0 Å². The number of hydrogen-bond donors (Lipinski definition) is 1. The summed E-state index contributed by atoms with van der Waals surface area (Å²) in [6.07, 6.45) is 4.63. The minimum Gasteiger partial charge on any atom is -0.287 e. The van der Waals surface area contributed by atoms with E-state index < -0.39 is 0 Å². The Morgan fingerprint density at radius 3 is 3.09 bits per heavy atom. The van der Waals surface area contributed by atoms with Crippen LogP contribution in [0.5, 0.6) is 0 Å². The zero-order valence-corrected chi connectivity index (χ0v) is 5.68. The van der Waals surface area contributed by atoms with Crippen molar-refractivity contribution in [1.82, 2.24) is 15.0 Å². The van der Waals surface area contributed by atoms with E-state index in [4.69, 9.17) is 5.21 Å². The van der Waals surface area contributed by atoms with Gasteiger partial charge in [0.15, 0.2) is 5.49 Å². The minimum atomic E-state index is 0.228. The van der Waals surface area contributed by atoms with Crippen LogP contribution in [0.4, 0.5) is 0 Å². The van der Waals surface area contributed by atoms with Crippen molar-refractivity contribution in [3.63, 3.8) is 0 Å². The summed E-state index contributed by atoms with van der Waals surface area (Å²) in [7, 11) is 0. The van der Waals surface area contributed by atoms with Gasteiger partial charge in [0.05, 0.1) is 6.20 Å². The average Bonchev–Trinajstić information content (AvgIpc) is 2.04. The van der Waals surface area contributed by atoms with Gasteiger partial charge in [0.2, 0.25) is 0 Å². The lowest BCUT2D eigenvalue weighted by molar-refractivity contribution is -0.0204. The van der Waals surface area contributed by atoms with Crippen LogP contribution in [0.3, 0.4) is 0 Å². The highest BCUT2D eigenvalue weighted by molar-refractivity contribution is 5.13. The smallest absolute Gasteiger partial charge is 0.177 e. The summed E-state index contributed by atoms with van der Waals surface area (Å²) in [6, 6.07) is 0. The van der Waals surface area contributed by atoms with Crippen molar-refractivity contribution in [1.29, 1.82) is 0 Å². The quantitative estimate of drug-likeness (QED) is 0.488. The van der Waals surface area contributed by atoms with Crippen molar-refractivity contribution in [2.24, 2.45) is 4.99 Å². The van der Waals surface area contributed by atoms with E-state index in [2.05, 4.69) is 15.0 Å². The monoisotopic (exact) mass is 150 g/mol. The van der Waals surface area contributed by atoms with Crippen LogP contribution in [0.1, 0.15) is 0 Å². The predicted molar refractivity (Wildman–Crippen MR) is 35.8 cm³/mol. The maximum Gasteiger partial charge on any atom is 0.177 e. The highest BCUT2D eigenvalue weighted by Gasteiger charge is 1.99. The number of nitrogens with zero attached hydrogens (tertiary/aromatic N) is 4. The molecule has 1 aliphatic rings. The average molecular weight is 150 g/mol. The molecule has 5 nitrogen and oxygen atoms in total. The summed E-state index contributed by atoms with van der Waals surface area (Å²) in [5.74, 6) is 0. The van der Waals surface area contributed by atoms with E-state index in [9.17, 15) is 0 Å². The molecular weight excluding hydrogens is 144 g/mol. The van der Waals surface area contributed by atoms with E-state index in [1.807, 2.05) is 0 Å².